The lowest BCUT2D eigenvalue weighted by atomic mass is 10.1. The van der Waals surface area contributed by atoms with E-state index < -0.39 is 11.8 Å². The number of likely N-dealkylation sites (tertiary alicyclic amines) is 1. The number of halogens is 1. The fraction of sp³-hybridized carbons (Fsp3) is 0.348. The third-order valence-corrected chi connectivity index (χ3v) is 6.75. The van der Waals surface area contributed by atoms with Crippen LogP contribution >= 0.6 is 0 Å². The Morgan fingerprint density at radius 1 is 1.23 bits per heavy atom. The average Bonchev–Trinajstić information content (AvgIpc) is 3.21. The van der Waals surface area contributed by atoms with Gasteiger partial charge >= 0.3 is 6.03 Å². The number of benzene rings is 1. The second kappa shape index (κ2) is 7.73. The molecule has 180 valence electrons. The van der Waals surface area contributed by atoms with E-state index in [0.29, 0.717) is 22.3 Å². The molecule has 1 saturated carbocycles. The molecule has 2 fully saturated rings. The van der Waals surface area contributed by atoms with Crippen LogP contribution in [0.15, 0.2) is 35.1 Å². The van der Waals surface area contributed by atoms with Gasteiger partial charge < -0.3 is 20.5 Å². The minimum atomic E-state index is -0.626. The maximum atomic E-state index is 15.0. The molecule has 4 heterocycles. The van der Waals surface area contributed by atoms with Gasteiger partial charge in [0.1, 0.15) is 29.4 Å². The van der Waals surface area contributed by atoms with Crippen LogP contribution in [0.5, 0.6) is 0 Å². The largest absolute Gasteiger partial charge is 0.383 e. The van der Waals surface area contributed by atoms with Crippen LogP contribution in [-0.2, 0) is 5.41 Å². The monoisotopic (exact) mass is 477 g/mol. The third-order valence-electron chi connectivity index (χ3n) is 6.75. The molecule has 3 aromatic heterocycles. The number of urea groups is 1. The highest BCUT2D eigenvalue weighted by molar-refractivity contribution is 6.00. The van der Waals surface area contributed by atoms with E-state index >= 15 is 4.39 Å². The van der Waals surface area contributed by atoms with E-state index in [1.807, 2.05) is 11.7 Å². The van der Waals surface area contributed by atoms with Crippen LogP contribution in [0.4, 0.5) is 26.5 Å². The fourth-order valence-electron chi connectivity index (χ4n) is 4.36. The first-order valence-electron chi connectivity index (χ1n) is 11.3. The summed E-state index contributed by atoms with van der Waals surface area (Å²) in [6.45, 7) is 3.74. The molecular formula is C23H24FN9O2. The van der Waals surface area contributed by atoms with E-state index in [-0.39, 0.29) is 28.8 Å². The number of nitrogen functional groups attached to an aromatic ring is 1. The molecule has 0 unspecified atom stereocenters. The second-order valence-electron chi connectivity index (χ2n) is 9.54. The molecule has 1 aliphatic carbocycles. The van der Waals surface area contributed by atoms with Gasteiger partial charge in [-0.1, -0.05) is 18.1 Å². The van der Waals surface area contributed by atoms with Gasteiger partial charge in [-0.15, -0.1) is 0 Å². The van der Waals surface area contributed by atoms with Crippen molar-refractivity contribution in [1.29, 1.82) is 0 Å². The predicted octanol–water partition coefficient (Wildman–Crippen LogP) is 3.38. The summed E-state index contributed by atoms with van der Waals surface area (Å²) < 4.78 is 22.2. The zero-order chi connectivity index (χ0) is 24.3. The molecule has 0 spiro atoms. The van der Waals surface area contributed by atoms with Crippen molar-refractivity contribution in [3.05, 3.63) is 42.2 Å². The summed E-state index contributed by atoms with van der Waals surface area (Å²) in [5.41, 5.74) is 7.76. The zero-order valence-corrected chi connectivity index (χ0v) is 19.2. The summed E-state index contributed by atoms with van der Waals surface area (Å²) in [7, 11) is 2.03. The normalized spacial score (nSPS) is 17.3. The van der Waals surface area contributed by atoms with E-state index in [2.05, 4.69) is 37.6 Å². The van der Waals surface area contributed by atoms with Crippen molar-refractivity contribution in [3.63, 3.8) is 0 Å². The molecule has 11 nitrogen and oxygen atoms in total. The molecule has 6 rings (SSSR count). The number of amides is 2. The van der Waals surface area contributed by atoms with Crippen molar-refractivity contribution >= 4 is 34.4 Å². The number of hydrogen-bond acceptors (Lipinski definition) is 8. The van der Waals surface area contributed by atoms with Gasteiger partial charge in [0.05, 0.1) is 17.1 Å². The molecular weight excluding hydrogens is 453 g/mol. The maximum Gasteiger partial charge on any atom is 0.325 e. The first-order chi connectivity index (χ1) is 16.8. The Labute approximate surface area is 199 Å². The number of nitrogens with two attached hydrogens (primary N) is 1. The molecule has 2 amide bonds. The van der Waals surface area contributed by atoms with Crippen LogP contribution in [-0.4, -0.2) is 56.0 Å². The number of hydrogen-bond donors (Lipinski definition) is 3. The van der Waals surface area contributed by atoms with E-state index in [1.54, 1.807) is 12.1 Å². The summed E-state index contributed by atoms with van der Waals surface area (Å²) in [5.74, 6) is 0.659. The molecule has 2 aliphatic rings. The zero-order valence-electron chi connectivity index (χ0n) is 19.2. The molecule has 0 bridgehead atoms. The molecule has 1 aliphatic heterocycles. The molecule has 1 aromatic carbocycles. The lowest BCUT2D eigenvalue weighted by Crippen LogP contribution is -2.45. The number of rotatable bonds is 5. The van der Waals surface area contributed by atoms with Gasteiger partial charge in [-0.2, -0.15) is 5.10 Å². The van der Waals surface area contributed by atoms with E-state index in [9.17, 15) is 4.79 Å². The van der Waals surface area contributed by atoms with Crippen molar-refractivity contribution in [2.24, 2.45) is 0 Å². The summed E-state index contributed by atoms with van der Waals surface area (Å²) >= 11 is 0. The SMILES string of the molecule is CN1CC(n2nc(-c3ccc(NC(=O)Nc4cc(C5(C)CC5)on4)c(F)c3)c3c(N)ncnc32)C1. The number of nitrogens with one attached hydrogen (secondary N) is 2. The first-order valence-corrected chi connectivity index (χ1v) is 11.3. The maximum absolute atomic E-state index is 15.0. The molecule has 12 heteroatoms. The lowest BCUT2D eigenvalue weighted by molar-refractivity contribution is 0.134. The molecule has 0 atom stereocenters. The van der Waals surface area contributed by atoms with Crippen molar-refractivity contribution in [2.45, 2.75) is 31.2 Å². The number of likely N-dealkylation sites (N-methyl/N-ethyl adjacent to an activating group) is 1. The number of anilines is 3. The second-order valence-corrected chi connectivity index (χ2v) is 9.54. The smallest absolute Gasteiger partial charge is 0.325 e. The highest BCUT2D eigenvalue weighted by atomic mass is 19.1. The third kappa shape index (κ3) is 3.75. The van der Waals surface area contributed by atoms with Crippen LogP contribution in [0.3, 0.4) is 0 Å². The summed E-state index contributed by atoms with van der Waals surface area (Å²) in [6.07, 6.45) is 3.44. The topological polar surface area (TPSA) is 140 Å². The lowest BCUT2D eigenvalue weighted by Gasteiger charge is -2.36. The Morgan fingerprint density at radius 2 is 2.03 bits per heavy atom. The quantitative estimate of drug-likeness (QED) is 0.397. The van der Waals surface area contributed by atoms with Crippen molar-refractivity contribution < 1.29 is 13.7 Å². The number of carbonyl (C=O) groups is 1. The highest BCUT2D eigenvalue weighted by Gasteiger charge is 2.43. The highest BCUT2D eigenvalue weighted by Crippen LogP contribution is 2.48. The summed E-state index contributed by atoms with van der Waals surface area (Å²) in [6, 6.07) is 5.68. The van der Waals surface area contributed by atoms with Gasteiger partial charge in [-0.05, 0) is 32.0 Å². The minimum absolute atomic E-state index is 0.00844. The van der Waals surface area contributed by atoms with Crippen LogP contribution in [0.25, 0.3) is 22.3 Å². The van der Waals surface area contributed by atoms with Crippen LogP contribution in [0.1, 0.15) is 31.6 Å². The van der Waals surface area contributed by atoms with Crippen molar-refractivity contribution in [1.82, 2.24) is 29.8 Å². The van der Waals surface area contributed by atoms with E-state index in [1.165, 1.54) is 18.5 Å². The average molecular weight is 478 g/mol. The number of aromatic nitrogens is 5. The molecule has 0 radical (unpaired) electrons. The number of carbonyl (C=O) groups excluding carboxylic acids is 1. The fourth-order valence-corrected chi connectivity index (χ4v) is 4.36. The molecule has 4 N–H and O–H groups in total. The van der Waals surface area contributed by atoms with Gasteiger partial charge in [0, 0.05) is 30.1 Å². The summed E-state index contributed by atoms with van der Waals surface area (Å²) in [4.78, 5) is 23.0. The standard InChI is InChI=1S/C23H24FN9O2/c1-23(5-6-23)16-8-17(31-35-16)29-22(34)28-15-4-3-12(7-14(15)24)19-18-20(25)26-11-27-21(18)33(30-19)13-9-32(2)10-13/h3-4,7-8,11,13H,5-6,9-10H2,1-2H3,(H2,25,26,27)(H2,28,29,31,34). The van der Waals surface area contributed by atoms with Gasteiger partial charge in [0.15, 0.2) is 11.5 Å². The van der Waals surface area contributed by atoms with E-state index in [4.69, 9.17) is 15.4 Å². The van der Waals surface area contributed by atoms with Crippen LogP contribution in [0.2, 0.25) is 0 Å². The van der Waals surface area contributed by atoms with Gasteiger partial charge in [-0.3, -0.25) is 5.32 Å². The Bertz CT molecular complexity index is 1450. The Hall–Kier alpha value is -4.06. The molecule has 4 aromatic rings. The Kier molecular flexibility index (Phi) is 4.74. The van der Waals surface area contributed by atoms with Crippen molar-refractivity contribution in [2.75, 3.05) is 36.5 Å². The van der Waals surface area contributed by atoms with Crippen LogP contribution in [0, 0.1) is 5.82 Å². The Balaban J connectivity index is 1.24. The molecule has 1 saturated heterocycles. The van der Waals surface area contributed by atoms with Gasteiger partial charge in [0.25, 0.3) is 0 Å². The van der Waals surface area contributed by atoms with Crippen LogP contribution < -0.4 is 16.4 Å². The Morgan fingerprint density at radius 3 is 2.74 bits per heavy atom. The van der Waals surface area contributed by atoms with Gasteiger partial charge in [0.2, 0.25) is 0 Å². The van der Waals surface area contributed by atoms with E-state index in [0.717, 1.165) is 31.7 Å². The van der Waals surface area contributed by atoms with Crippen molar-refractivity contribution in [3.8, 4) is 11.3 Å². The summed E-state index contributed by atoms with van der Waals surface area (Å²) in [5, 5.41) is 14.2. The molecule has 35 heavy (non-hydrogen) atoms. The number of fused-ring (bicyclic) bond motifs is 1. The predicted molar refractivity (Wildman–Crippen MR) is 127 cm³/mol. The minimum Gasteiger partial charge on any atom is -0.383 e. The first kappa shape index (κ1) is 21.5. The van der Waals surface area contributed by atoms with Gasteiger partial charge in [-0.25, -0.2) is 23.8 Å². The number of nitrogens with zero attached hydrogens (tertiary/aromatic N) is 6.